The van der Waals surface area contributed by atoms with Crippen LogP contribution in [0.25, 0.3) is 0 Å². The SMILES string of the molecule is Cc1c(Cl)cccc1NC(=O)CCC(=O)N/N=C\c1cccc(Cl)c1Cl. The molecule has 0 aliphatic heterocycles. The van der Waals surface area contributed by atoms with E-state index in [-0.39, 0.29) is 18.7 Å². The molecule has 0 atom stereocenters. The van der Waals surface area contributed by atoms with E-state index < -0.39 is 5.91 Å². The van der Waals surface area contributed by atoms with Crippen LogP contribution in [0.1, 0.15) is 24.0 Å². The van der Waals surface area contributed by atoms with Crippen LogP contribution in [0.4, 0.5) is 5.69 Å². The highest BCUT2D eigenvalue weighted by molar-refractivity contribution is 6.43. The van der Waals surface area contributed by atoms with Crippen molar-refractivity contribution in [2.75, 3.05) is 5.32 Å². The molecule has 0 bridgehead atoms. The normalized spacial score (nSPS) is 10.8. The van der Waals surface area contributed by atoms with E-state index in [0.717, 1.165) is 5.56 Å². The van der Waals surface area contributed by atoms with Gasteiger partial charge in [-0.3, -0.25) is 9.59 Å². The summed E-state index contributed by atoms with van der Waals surface area (Å²) in [7, 11) is 0. The monoisotopic (exact) mass is 411 g/mol. The van der Waals surface area contributed by atoms with Gasteiger partial charge in [-0.15, -0.1) is 0 Å². The third-order valence-electron chi connectivity index (χ3n) is 3.50. The standard InChI is InChI=1S/C18H16Cl3N3O2/c1-11-13(19)5-3-7-15(11)23-16(25)8-9-17(26)24-22-10-12-4-2-6-14(20)18(12)21/h2-7,10H,8-9H2,1H3,(H,23,25)(H,24,26)/b22-10-. The number of nitrogens with zero attached hydrogens (tertiary/aromatic N) is 1. The van der Waals surface area contributed by atoms with E-state index in [9.17, 15) is 9.59 Å². The van der Waals surface area contributed by atoms with Gasteiger partial charge in [0, 0.05) is 29.1 Å². The molecule has 2 aromatic rings. The number of hydrogen-bond acceptors (Lipinski definition) is 3. The minimum absolute atomic E-state index is 0.00787. The van der Waals surface area contributed by atoms with Crippen molar-refractivity contribution in [2.45, 2.75) is 19.8 Å². The molecule has 0 saturated heterocycles. The number of benzene rings is 2. The lowest BCUT2D eigenvalue weighted by Crippen LogP contribution is -2.21. The van der Waals surface area contributed by atoms with Crippen molar-refractivity contribution in [3.63, 3.8) is 0 Å². The molecule has 0 unspecified atom stereocenters. The lowest BCUT2D eigenvalue weighted by atomic mass is 10.2. The Hall–Kier alpha value is -2.08. The van der Waals surface area contributed by atoms with Crippen LogP contribution in [0, 0.1) is 6.92 Å². The van der Waals surface area contributed by atoms with Crippen molar-refractivity contribution in [2.24, 2.45) is 5.10 Å². The number of hydrogen-bond donors (Lipinski definition) is 2. The number of hydrazone groups is 1. The van der Waals surface area contributed by atoms with Crippen molar-refractivity contribution in [3.8, 4) is 0 Å². The summed E-state index contributed by atoms with van der Waals surface area (Å²) in [6.45, 7) is 1.81. The minimum Gasteiger partial charge on any atom is -0.326 e. The fourth-order valence-corrected chi connectivity index (χ4v) is 2.56. The number of nitrogens with one attached hydrogen (secondary N) is 2. The fourth-order valence-electron chi connectivity index (χ4n) is 2.03. The van der Waals surface area contributed by atoms with Crippen LogP contribution < -0.4 is 10.7 Å². The van der Waals surface area contributed by atoms with E-state index in [0.29, 0.717) is 26.3 Å². The van der Waals surface area contributed by atoms with Crippen LogP contribution in [0.5, 0.6) is 0 Å². The Morgan fingerprint density at radius 1 is 1.00 bits per heavy atom. The summed E-state index contributed by atoms with van der Waals surface area (Å²) in [5, 5.41) is 7.86. The first-order chi connectivity index (χ1) is 12.4. The second kappa shape index (κ2) is 9.57. The van der Waals surface area contributed by atoms with Crippen LogP contribution in [0.15, 0.2) is 41.5 Å². The highest BCUT2D eigenvalue weighted by atomic mass is 35.5. The minimum atomic E-state index is -0.391. The molecule has 0 saturated carbocycles. The predicted octanol–water partition coefficient (Wildman–Crippen LogP) is 4.82. The first-order valence-corrected chi connectivity index (χ1v) is 8.82. The van der Waals surface area contributed by atoms with Crippen molar-refractivity contribution in [3.05, 3.63) is 62.6 Å². The summed E-state index contributed by atoms with van der Waals surface area (Å²) >= 11 is 17.9. The van der Waals surface area contributed by atoms with Gasteiger partial charge in [-0.2, -0.15) is 5.10 Å². The van der Waals surface area contributed by atoms with Crippen LogP contribution in [-0.4, -0.2) is 18.0 Å². The number of carbonyl (C=O) groups excluding carboxylic acids is 2. The van der Waals surface area contributed by atoms with Crippen LogP contribution in [0.2, 0.25) is 15.1 Å². The molecule has 0 spiro atoms. The molecule has 0 fully saturated rings. The molecule has 26 heavy (non-hydrogen) atoms. The molecule has 0 heterocycles. The van der Waals surface area contributed by atoms with E-state index in [1.807, 2.05) is 0 Å². The van der Waals surface area contributed by atoms with E-state index in [4.69, 9.17) is 34.8 Å². The summed E-state index contributed by atoms with van der Waals surface area (Å²) in [6, 6.07) is 10.3. The molecule has 0 aliphatic carbocycles. The highest BCUT2D eigenvalue weighted by Crippen LogP contribution is 2.24. The molecule has 136 valence electrons. The maximum Gasteiger partial charge on any atom is 0.240 e. The van der Waals surface area contributed by atoms with E-state index in [2.05, 4.69) is 15.8 Å². The summed E-state index contributed by atoms with van der Waals surface area (Å²) in [5.41, 5.74) is 4.32. The molecule has 2 N–H and O–H groups in total. The Kier molecular flexibility index (Phi) is 7.45. The second-order valence-electron chi connectivity index (χ2n) is 5.40. The Morgan fingerprint density at radius 3 is 2.42 bits per heavy atom. The second-order valence-corrected chi connectivity index (χ2v) is 6.59. The third-order valence-corrected chi connectivity index (χ3v) is 4.74. The summed E-state index contributed by atoms with van der Waals surface area (Å²) in [6.07, 6.45) is 1.40. The van der Waals surface area contributed by atoms with Gasteiger partial charge in [0.25, 0.3) is 0 Å². The first-order valence-electron chi connectivity index (χ1n) is 7.69. The summed E-state index contributed by atoms with van der Waals surface area (Å²) in [5.74, 6) is -0.676. The zero-order chi connectivity index (χ0) is 19.1. The quantitative estimate of drug-likeness (QED) is 0.527. The number of carbonyl (C=O) groups is 2. The average Bonchev–Trinajstić information content (AvgIpc) is 2.61. The summed E-state index contributed by atoms with van der Waals surface area (Å²) < 4.78 is 0. The van der Waals surface area contributed by atoms with Gasteiger partial charge in [0.05, 0.1) is 16.3 Å². The zero-order valence-corrected chi connectivity index (χ0v) is 16.1. The fraction of sp³-hybridized carbons (Fsp3) is 0.167. The van der Waals surface area contributed by atoms with Gasteiger partial charge in [-0.05, 0) is 30.7 Å². The summed E-state index contributed by atoms with van der Waals surface area (Å²) in [4.78, 5) is 23.7. The van der Waals surface area contributed by atoms with Gasteiger partial charge in [0.2, 0.25) is 11.8 Å². The van der Waals surface area contributed by atoms with Gasteiger partial charge in [0.15, 0.2) is 0 Å². The first kappa shape index (κ1) is 20.2. The topological polar surface area (TPSA) is 70.6 Å². The third kappa shape index (κ3) is 5.73. The molecule has 2 amide bonds. The van der Waals surface area contributed by atoms with Gasteiger partial charge in [-0.1, -0.05) is 53.0 Å². The van der Waals surface area contributed by atoms with E-state index in [1.54, 1.807) is 43.3 Å². The van der Waals surface area contributed by atoms with Gasteiger partial charge in [-0.25, -0.2) is 5.43 Å². The zero-order valence-electron chi connectivity index (χ0n) is 13.9. The molecule has 0 aliphatic rings. The van der Waals surface area contributed by atoms with Crippen LogP contribution >= 0.6 is 34.8 Å². The Labute approximate surface area is 166 Å². The molecular weight excluding hydrogens is 397 g/mol. The van der Waals surface area contributed by atoms with Gasteiger partial charge >= 0.3 is 0 Å². The maximum atomic E-state index is 12.0. The average molecular weight is 413 g/mol. The lowest BCUT2D eigenvalue weighted by Gasteiger charge is -2.09. The molecule has 2 rings (SSSR count). The number of amides is 2. The van der Waals surface area contributed by atoms with Crippen molar-refractivity contribution in [1.82, 2.24) is 5.43 Å². The number of anilines is 1. The number of halogens is 3. The van der Waals surface area contributed by atoms with E-state index >= 15 is 0 Å². The molecular formula is C18H16Cl3N3O2. The highest BCUT2D eigenvalue weighted by Gasteiger charge is 2.09. The lowest BCUT2D eigenvalue weighted by molar-refractivity contribution is -0.124. The molecule has 2 aromatic carbocycles. The van der Waals surface area contributed by atoms with Crippen molar-refractivity contribution in [1.29, 1.82) is 0 Å². The molecule has 0 aromatic heterocycles. The molecule has 5 nitrogen and oxygen atoms in total. The van der Waals surface area contributed by atoms with Crippen LogP contribution in [-0.2, 0) is 9.59 Å². The Morgan fingerprint density at radius 2 is 1.65 bits per heavy atom. The Bertz CT molecular complexity index is 854. The van der Waals surface area contributed by atoms with Crippen molar-refractivity contribution < 1.29 is 9.59 Å². The largest absolute Gasteiger partial charge is 0.326 e. The van der Waals surface area contributed by atoms with E-state index in [1.165, 1.54) is 6.21 Å². The maximum absolute atomic E-state index is 12.0. The predicted molar refractivity (Wildman–Crippen MR) is 106 cm³/mol. The van der Waals surface area contributed by atoms with Gasteiger partial charge < -0.3 is 5.32 Å². The van der Waals surface area contributed by atoms with Crippen molar-refractivity contribution >= 4 is 58.5 Å². The van der Waals surface area contributed by atoms with Gasteiger partial charge in [0.1, 0.15) is 0 Å². The Balaban J connectivity index is 1.81. The number of rotatable bonds is 6. The van der Waals surface area contributed by atoms with Crippen LogP contribution in [0.3, 0.4) is 0 Å². The smallest absolute Gasteiger partial charge is 0.240 e. The molecule has 0 radical (unpaired) electrons. The molecule has 8 heteroatoms.